The van der Waals surface area contributed by atoms with Crippen LogP contribution in [-0.4, -0.2) is 64.4 Å². The van der Waals surface area contributed by atoms with Crippen LogP contribution in [0.25, 0.3) is 11.4 Å². The molecule has 4 rings (SSSR count). The molecule has 8 nitrogen and oxygen atoms in total. The second kappa shape index (κ2) is 6.93. The smallest absolute Gasteiger partial charge is 0.233 e. The number of morpholine rings is 1. The highest BCUT2D eigenvalue weighted by molar-refractivity contribution is 7.99. The van der Waals surface area contributed by atoms with Crippen LogP contribution in [0.4, 0.5) is 0 Å². The molecule has 0 saturated carbocycles. The highest BCUT2D eigenvalue weighted by Gasteiger charge is 2.20. The summed E-state index contributed by atoms with van der Waals surface area (Å²) in [4.78, 5) is 14.1. The molecule has 1 fully saturated rings. The van der Waals surface area contributed by atoms with Crippen LogP contribution >= 0.6 is 11.8 Å². The Balaban J connectivity index is 1.45. The first-order valence-corrected chi connectivity index (χ1v) is 8.98. The normalized spacial score (nSPS) is 16.3. The molecule has 1 saturated heterocycles. The molecule has 132 valence electrons. The molecule has 0 spiro atoms. The third-order valence-corrected chi connectivity index (χ3v) is 5.16. The average Bonchev–Trinajstić information content (AvgIpc) is 3.26. The molecule has 0 N–H and O–H groups in total. The fourth-order valence-corrected chi connectivity index (χ4v) is 3.57. The van der Waals surface area contributed by atoms with Gasteiger partial charge in [-0.05, 0) is 18.2 Å². The highest BCUT2D eigenvalue weighted by atomic mass is 32.2. The maximum atomic E-state index is 12.2. The zero-order chi connectivity index (χ0) is 17.2. The monoisotopic (exact) mass is 362 g/mol. The Morgan fingerprint density at radius 2 is 2.00 bits per heavy atom. The van der Waals surface area contributed by atoms with Crippen molar-refractivity contribution in [3.63, 3.8) is 0 Å². The van der Waals surface area contributed by atoms with E-state index in [1.54, 1.807) is 0 Å². The zero-order valence-corrected chi connectivity index (χ0v) is 14.6. The minimum absolute atomic E-state index is 0.0981. The second-order valence-electron chi connectivity index (χ2n) is 5.72. The predicted octanol–water partition coefficient (Wildman–Crippen LogP) is 1.16. The Morgan fingerprint density at radius 3 is 2.84 bits per heavy atom. The predicted molar refractivity (Wildman–Crippen MR) is 90.7 cm³/mol. The van der Waals surface area contributed by atoms with Crippen LogP contribution in [0.3, 0.4) is 0 Å². The molecule has 0 atom stereocenters. The number of ether oxygens (including phenoxy) is 3. The number of hydrogen-bond acceptors (Lipinski definition) is 7. The van der Waals surface area contributed by atoms with E-state index in [4.69, 9.17) is 14.2 Å². The van der Waals surface area contributed by atoms with E-state index in [2.05, 4.69) is 10.2 Å². The van der Waals surface area contributed by atoms with Gasteiger partial charge in [-0.3, -0.25) is 4.79 Å². The van der Waals surface area contributed by atoms with Crippen LogP contribution in [0.5, 0.6) is 11.5 Å². The summed E-state index contributed by atoms with van der Waals surface area (Å²) in [5.41, 5.74) is 0.894. The van der Waals surface area contributed by atoms with E-state index >= 15 is 0 Å². The van der Waals surface area contributed by atoms with Gasteiger partial charge < -0.3 is 23.7 Å². The van der Waals surface area contributed by atoms with Crippen LogP contribution in [0.1, 0.15) is 0 Å². The van der Waals surface area contributed by atoms with Gasteiger partial charge in [-0.15, -0.1) is 10.2 Å². The second-order valence-corrected chi connectivity index (χ2v) is 6.66. The largest absolute Gasteiger partial charge is 0.454 e. The van der Waals surface area contributed by atoms with Gasteiger partial charge in [-0.1, -0.05) is 11.8 Å². The quantitative estimate of drug-likeness (QED) is 0.755. The molecule has 0 bridgehead atoms. The number of carbonyl (C=O) groups excluding carboxylic acids is 1. The molecule has 9 heteroatoms. The van der Waals surface area contributed by atoms with E-state index < -0.39 is 0 Å². The Labute approximate surface area is 149 Å². The average molecular weight is 362 g/mol. The van der Waals surface area contributed by atoms with Crippen molar-refractivity contribution in [1.82, 2.24) is 19.7 Å². The van der Waals surface area contributed by atoms with Crippen molar-refractivity contribution >= 4 is 17.7 Å². The summed E-state index contributed by atoms with van der Waals surface area (Å²) in [5.74, 6) is 2.60. The number of fused-ring (bicyclic) bond motifs is 1. The topological polar surface area (TPSA) is 78.7 Å². The van der Waals surface area contributed by atoms with Gasteiger partial charge in [0, 0.05) is 25.7 Å². The van der Waals surface area contributed by atoms with Crippen molar-refractivity contribution in [1.29, 1.82) is 0 Å². The number of amides is 1. The van der Waals surface area contributed by atoms with Crippen molar-refractivity contribution in [3.05, 3.63) is 18.2 Å². The number of thioether (sulfide) groups is 1. The van der Waals surface area contributed by atoms with Crippen molar-refractivity contribution in [3.8, 4) is 22.9 Å². The molecule has 1 aromatic carbocycles. The summed E-state index contributed by atoms with van der Waals surface area (Å²) in [6.07, 6.45) is 0. The minimum Gasteiger partial charge on any atom is -0.454 e. The molecular formula is C16H18N4O4S. The van der Waals surface area contributed by atoms with Crippen LogP contribution in [0.15, 0.2) is 23.4 Å². The van der Waals surface area contributed by atoms with Gasteiger partial charge in [0.1, 0.15) is 0 Å². The van der Waals surface area contributed by atoms with Gasteiger partial charge in [0.2, 0.25) is 12.7 Å². The van der Waals surface area contributed by atoms with Crippen molar-refractivity contribution in [2.24, 2.45) is 7.05 Å². The molecule has 3 heterocycles. The van der Waals surface area contributed by atoms with Crippen LogP contribution in [-0.2, 0) is 16.6 Å². The molecule has 2 aliphatic rings. The lowest BCUT2D eigenvalue weighted by molar-refractivity contribution is -0.132. The Morgan fingerprint density at radius 1 is 1.20 bits per heavy atom. The summed E-state index contributed by atoms with van der Waals surface area (Å²) >= 11 is 1.39. The maximum Gasteiger partial charge on any atom is 0.233 e. The number of nitrogens with zero attached hydrogens (tertiary/aromatic N) is 4. The van der Waals surface area contributed by atoms with E-state index in [-0.39, 0.29) is 12.7 Å². The maximum absolute atomic E-state index is 12.2. The summed E-state index contributed by atoms with van der Waals surface area (Å²) in [5, 5.41) is 9.17. The van der Waals surface area contributed by atoms with E-state index in [1.165, 1.54) is 11.8 Å². The zero-order valence-electron chi connectivity index (χ0n) is 13.8. The first-order chi connectivity index (χ1) is 12.2. The van der Waals surface area contributed by atoms with Gasteiger partial charge >= 0.3 is 0 Å². The standard InChI is InChI=1S/C16H18N4O4S/c1-19-15(11-2-3-12-13(8-11)24-10-23-12)17-18-16(19)25-9-14(21)20-4-6-22-7-5-20/h2-3,8H,4-7,9-10H2,1H3. The Kier molecular flexibility index (Phi) is 4.50. The minimum atomic E-state index is 0.0981. The number of aromatic nitrogens is 3. The molecular weight excluding hydrogens is 344 g/mol. The summed E-state index contributed by atoms with van der Waals surface area (Å²) in [6.45, 7) is 2.76. The molecule has 1 amide bonds. The van der Waals surface area contributed by atoms with Gasteiger partial charge in [0.05, 0.1) is 19.0 Å². The highest BCUT2D eigenvalue weighted by Crippen LogP contribution is 2.35. The van der Waals surface area contributed by atoms with Gasteiger partial charge in [0.15, 0.2) is 22.5 Å². The number of rotatable bonds is 4. The molecule has 2 aliphatic heterocycles. The molecule has 25 heavy (non-hydrogen) atoms. The molecule has 2 aromatic rings. The van der Waals surface area contributed by atoms with E-state index in [1.807, 2.05) is 34.7 Å². The molecule has 0 radical (unpaired) electrons. The number of benzene rings is 1. The summed E-state index contributed by atoms with van der Waals surface area (Å²) < 4.78 is 17.9. The lowest BCUT2D eigenvalue weighted by atomic mass is 10.2. The van der Waals surface area contributed by atoms with Crippen LogP contribution < -0.4 is 9.47 Å². The number of carbonyl (C=O) groups is 1. The van der Waals surface area contributed by atoms with Gasteiger partial charge in [-0.2, -0.15) is 0 Å². The third-order valence-electron chi connectivity index (χ3n) is 4.15. The van der Waals surface area contributed by atoms with E-state index in [9.17, 15) is 4.79 Å². The SMILES string of the molecule is Cn1c(SCC(=O)N2CCOCC2)nnc1-c1ccc2c(c1)OCO2. The molecule has 1 aromatic heterocycles. The fraction of sp³-hybridized carbons (Fsp3) is 0.438. The lowest BCUT2D eigenvalue weighted by Gasteiger charge is -2.26. The molecule has 0 unspecified atom stereocenters. The third kappa shape index (κ3) is 3.29. The van der Waals surface area contributed by atoms with Crippen LogP contribution in [0.2, 0.25) is 0 Å². The first-order valence-electron chi connectivity index (χ1n) is 8.00. The lowest BCUT2D eigenvalue weighted by Crippen LogP contribution is -2.41. The Bertz CT molecular complexity index is 788. The van der Waals surface area contributed by atoms with E-state index in [0.717, 1.165) is 17.1 Å². The van der Waals surface area contributed by atoms with Gasteiger partial charge in [0.25, 0.3) is 0 Å². The summed E-state index contributed by atoms with van der Waals surface area (Å²) in [6, 6.07) is 5.67. The number of hydrogen-bond donors (Lipinski definition) is 0. The Hall–Kier alpha value is -2.26. The van der Waals surface area contributed by atoms with Crippen molar-refractivity contribution in [2.45, 2.75) is 5.16 Å². The molecule has 0 aliphatic carbocycles. The summed E-state index contributed by atoms with van der Waals surface area (Å²) in [7, 11) is 1.89. The first kappa shape index (κ1) is 16.2. The van der Waals surface area contributed by atoms with Gasteiger partial charge in [-0.25, -0.2) is 0 Å². The van der Waals surface area contributed by atoms with Crippen molar-refractivity contribution in [2.75, 3.05) is 38.8 Å². The van der Waals surface area contributed by atoms with Crippen LogP contribution in [0, 0.1) is 0 Å². The van der Waals surface area contributed by atoms with Crippen molar-refractivity contribution < 1.29 is 19.0 Å². The fourth-order valence-electron chi connectivity index (χ4n) is 2.76. The van der Waals surface area contributed by atoms with E-state index in [0.29, 0.717) is 43.0 Å².